The molecule has 2 aromatic rings. The number of hydrogen-bond donors (Lipinski definition) is 0. The van der Waals surface area contributed by atoms with Gasteiger partial charge < -0.3 is 9.32 Å². The number of urea groups is 1. The van der Waals surface area contributed by atoms with Crippen molar-refractivity contribution in [2.45, 2.75) is 13.8 Å². The summed E-state index contributed by atoms with van der Waals surface area (Å²) in [5.41, 5.74) is 0.373. The van der Waals surface area contributed by atoms with Gasteiger partial charge in [0, 0.05) is 38.1 Å². The van der Waals surface area contributed by atoms with E-state index < -0.39 is 5.63 Å². The van der Waals surface area contributed by atoms with Gasteiger partial charge in [0.2, 0.25) is 0 Å². The van der Waals surface area contributed by atoms with Crippen molar-refractivity contribution in [3.63, 3.8) is 0 Å². The molecule has 0 saturated carbocycles. The van der Waals surface area contributed by atoms with Crippen molar-refractivity contribution in [2.75, 3.05) is 25.0 Å². The summed E-state index contributed by atoms with van der Waals surface area (Å²) in [7, 11) is 1.57. The minimum absolute atomic E-state index is 0.213. The van der Waals surface area contributed by atoms with Gasteiger partial charge in [-0.15, -0.1) is 0 Å². The van der Waals surface area contributed by atoms with Crippen LogP contribution in [0.15, 0.2) is 45.9 Å². The van der Waals surface area contributed by atoms with Crippen LogP contribution in [-0.2, 0) is 0 Å². The SMILES string of the molecule is CCN(CC)C(=O)N(C)c1ccc(-c2cccnc2)oc1=O. The van der Waals surface area contributed by atoms with E-state index in [1.54, 1.807) is 48.6 Å². The molecule has 0 N–H and O–H groups in total. The first-order valence-corrected chi connectivity index (χ1v) is 7.15. The van der Waals surface area contributed by atoms with Crippen LogP contribution in [0.5, 0.6) is 0 Å². The highest BCUT2D eigenvalue weighted by Crippen LogP contribution is 2.19. The Hall–Kier alpha value is -2.63. The van der Waals surface area contributed by atoms with Crippen molar-refractivity contribution in [3.8, 4) is 11.3 Å². The van der Waals surface area contributed by atoms with Gasteiger partial charge in [0.1, 0.15) is 11.4 Å². The monoisotopic (exact) mass is 301 g/mol. The van der Waals surface area contributed by atoms with Crippen LogP contribution in [0.2, 0.25) is 0 Å². The number of hydrogen-bond acceptors (Lipinski definition) is 4. The number of carbonyl (C=O) groups excluding carboxylic acids is 1. The molecule has 0 saturated heterocycles. The standard InChI is InChI=1S/C16H19N3O3/c1-4-19(5-2)16(21)18(3)13-8-9-14(22-15(13)20)12-7-6-10-17-11-12/h6-11H,4-5H2,1-3H3. The number of anilines is 1. The van der Waals surface area contributed by atoms with E-state index in [4.69, 9.17) is 4.42 Å². The second-order valence-electron chi connectivity index (χ2n) is 4.73. The van der Waals surface area contributed by atoms with Crippen LogP contribution in [0.4, 0.5) is 10.5 Å². The van der Waals surface area contributed by atoms with Gasteiger partial charge in [-0.25, -0.2) is 9.59 Å². The number of amides is 2. The molecular weight excluding hydrogens is 282 g/mol. The molecule has 116 valence electrons. The third-order valence-electron chi connectivity index (χ3n) is 3.43. The number of pyridine rings is 1. The minimum atomic E-state index is -0.552. The highest BCUT2D eigenvalue weighted by Gasteiger charge is 2.19. The quantitative estimate of drug-likeness (QED) is 0.870. The number of carbonyl (C=O) groups is 1. The van der Waals surface area contributed by atoms with E-state index in [1.807, 2.05) is 13.8 Å². The summed E-state index contributed by atoms with van der Waals surface area (Å²) in [5.74, 6) is 0.422. The maximum absolute atomic E-state index is 12.3. The van der Waals surface area contributed by atoms with Crippen molar-refractivity contribution in [1.29, 1.82) is 0 Å². The van der Waals surface area contributed by atoms with E-state index in [9.17, 15) is 9.59 Å². The average Bonchev–Trinajstić information content (AvgIpc) is 2.56. The number of rotatable bonds is 4. The fraction of sp³-hybridized carbons (Fsp3) is 0.312. The molecule has 2 aromatic heterocycles. The zero-order valence-electron chi connectivity index (χ0n) is 12.9. The van der Waals surface area contributed by atoms with Gasteiger partial charge in [-0.1, -0.05) is 0 Å². The Bertz CT molecular complexity index is 693. The molecule has 2 amide bonds. The summed E-state index contributed by atoms with van der Waals surface area (Å²) in [5, 5.41) is 0. The first-order chi connectivity index (χ1) is 10.6. The molecule has 0 aliphatic carbocycles. The smallest absolute Gasteiger partial charge is 0.360 e. The third-order valence-corrected chi connectivity index (χ3v) is 3.43. The number of aromatic nitrogens is 1. The van der Waals surface area contributed by atoms with Gasteiger partial charge in [0.25, 0.3) is 0 Å². The van der Waals surface area contributed by atoms with Crippen molar-refractivity contribution < 1.29 is 9.21 Å². The molecule has 0 spiro atoms. The van der Waals surface area contributed by atoms with Crippen LogP contribution in [0, 0.1) is 0 Å². The van der Waals surface area contributed by atoms with Gasteiger partial charge in [-0.3, -0.25) is 9.88 Å². The third kappa shape index (κ3) is 3.16. The van der Waals surface area contributed by atoms with Gasteiger partial charge >= 0.3 is 11.7 Å². The Morgan fingerprint density at radius 2 is 1.95 bits per heavy atom. The zero-order valence-corrected chi connectivity index (χ0v) is 12.9. The topological polar surface area (TPSA) is 66.7 Å². The summed E-state index contributed by atoms with van der Waals surface area (Å²) in [4.78, 5) is 31.4. The van der Waals surface area contributed by atoms with Crippen LogP contribution >= 0.6 is 0 Å². The highest BCUT2D eigenvalue weighted by molar-refractivity contribution is 5.91. The average molecular weight is 301 g/mol. The molecule has 22 heavy (non-hydrogen) atoms. The largest absolute Gasteiger partial charge is 0.421 e. The lowest BCUT2D eigenvalue weighted by Crippen LogP contribution is -2.42. The molecule has 2 heterocycles. The van der Waals surface area contributed by atoms with E-state index in [1.165, 1.54) is 4.90 Å². The Morgan fingerprint density at radius 3 is 2.50 bits per heavy atom. The fourth-order valence-corrected chi connectivity index (χ4v) is 2.13. The predicted octanol–water partition coefficient (Wildman–Crippen LogP) is 2.60. The zero-order chi connectivity index (χ0) is 16.1. The molecule has 0 fully saturated rings. The molecule has 0 atom stereocenters. The Morgan fingerprint density at radius 1 is 1.23 bits per heavy atom. The van der Waals surface area contributed by atoms with Crippen molar-refractivity contribution in [3.05, 3.63) is 47.1 Å². The molecule has 0 radical (unpaired) electrons. The van der Waals surface area contributed by atoms with Crippen molar-refractivity contribution >= 4 is 11.7 Å². The van der Waals surface area contributed by atoms with Gasteiger partial charge in [-0.05, 0) is 38.1 Å². The lowest BCUT2D eigenvalue weighted by Gasteiger charge is -2.25. The Kier molecular flexibility index (Phi) is 4.93. The maximum Gasteiger partial charge on any atom is 0.360 e. The molecule has 6 heteroatoms. The summed E-state index contributed by atoms with van der Waals surface area (Å²) in [6.07, 6.45) is 3.26. The first-order valence-electron chi connectivity index (χ1n) is 7.15. The minimum Gasteiger partial charge on any atom is -0.421 e. The van der Waals surface area contributed by atoms with E-state index in [-0.39, 0.29) is 11.7 Å². The number of nitrogens with zero attached hydrogens (tertiary/aromatic N) is 3. The lowest BCUT2D eigenvalue weighted by atomic mass is 10.2. The van der Waals surface area contributed by atoms with E-state index >= 15 is 0 Å². The predicted molar refractivity (Wildman–Crippen MR) is 84.9 cm³/mol. The van der Waals surface area contributed by atoms with Crippen molar-refractivity contribution in [1.82, 2.24) is 9.88 Å². The fourth-order valence-electron chi connectivity index (χ4n) is 2.13. The van der Waals surface area contributed by atoms with Crippen LogP contribution in [0.3, 0.4) is 0 Å². The molecule has 0 bridgehead atoms. The van der Waals surface area contributed by atoms with Crippen molar-refractivity contribution in [2.24, 2.45) is 0 Å². The van der Waals surface area contributed by atoms with E-state index in [2.05, 4.69) is 4.98 Å². The van der Waals surface area contributed by atoms with E-state index in [0.717, 1.165) is 0 Å². The van der Waals surface area contributed by atoms with Crippen LogP contribution in [0.25, 0.3) is 11.3 Å². The highest BCUT2D eigenvalue weighted by atomic mass is 16.4. The molecule has 0 aliphatic heterocycles. The second-order valence-corrected chi connectivity index (χ2v) is 4.73. The lowest BCUT2D eigenvalue weighted by molar-refractivity contribution is 0.211. The maximum atomic E-state index is 12.3. The molecule has 0 unspecified atom stereocenters. The Labute approximate surface area is 129 Å². The van der Waals surface area contributed by atoms with Gasteiger partial charge in [0.05, 0.1) is 0 Å². The first kappa shape index (κ1) is 15.8. The summed E-state index contributed by atoms with van der Waals surface area (Å²) in [6.45, 7) is 4.95. The Balaban J connectivity index is 2.31. The second kappa shape index (κ2) is 6.89. The van der Waals surface area contributed by atoms with Crippen LogP contribution < -0.4 is 10.5 Å². The molecule has 0 aliphatic rings. The summed E-state index contributed by atoms with van der Waals surface area (Å²) >= 11 is 0. The van der Waals surface area contributed by atoms with E-state index in [0.29, 0.717) is 24.4 Å². The molecule has 6 nitrogen and oxygen atoms in total. The summed E-state index contributed by atoms with van der Waals surface area (Å²) in [6, 6.07) is 6.59. The van der Waals surface area contributed by atoms with Crippen LogP contribution in [0.1, 0.15) is 13.8 Å². The summed E-state index contributed by atoms with van der Waals surface area (Å²) < 4.78 is 5.30. The molecule has 2 rings (SSSR count). The molecule has 0 aromatic carbocycles. The normalized spacial score (nSPS) is 10.3. The molecular formula is C16H19N3O3. The van der Waals surface area contributed by atoms with Gasteiger partial charge in [0.15, 0.2) is 0 Å². The van der Waals surface area contributed by atoms with Gasteiger partial charge in [-0.2, -0.15) is 0 Å². The van der Waals surface area contributed by atoms with Crippen LogP contribution in [-0.4, -0.2) is 36.1 Å².